The number of nitrogens with one attached hydrogen (secondary N) is 1. The van der Waals surface area contributed by atoms with Crippen LogP contribution in [0.5, 0.6) is 0 Å². The lowest BCUT2D eigenvalue weighted by Gasteiger charge is -2.05. The van der Waals surface area contributed by atoms with Crippen LogP contribution in [0.4, 0.5) is 5.82 Å². The average molecular weight is 244 g/mol. The fraction of sp³-hybridized carbons (Fsp3) is 0.0769. The highest BCUT2D eigenvalue weighted by molar-refractivity contribution is 6.30. The molecule has 4 heteroatoms. The molecule has 17 heavy (non-hydrogen) atoms. The lowest BCUT2D eigenvalue weighted by atomic mass is 10.1. The van der Waals surface area contributed by atoms with Gasteiger partial charge in [-0.2, -0.15) is 5.26 Å². The van der Waals surface area contributed by atoms with Crippen molar-refractivity contribution < 1.29 is 0 Å². The Morgan fingerprint density at radius 2 is 2.18 bits per heavy atom. The first-order valence-corrected chi connectivity index (χ1v) is 5.50. The zero-order chi connectivity index (χ0) is 12.1. The summed E-state index contributed by atoms with van der Waals surface area (Å²) in [6.45, 7) is 0.629. The molecule has 0 aliphatic heterocycles. The molecule has 2 rings (SSSR count). The third-order valence-corrected chi connectivity index (χ3v) is 2.48. The maximum Gasteiger partial charge on any atom is 0.126 e. The van der Waals surface area contributed by atoms with Crippen LogP contribution in [0.25, 0.3) is 0 Å². The quantitative estimate of drug-likeness (QED) is 0.901. The van der Waals surface area contributed by atoms with Crippen molar-refractivity contribution in [3.63, 3.8) is 0 Å². The Morgan fingerprint density at radius 1 is 1.29 bits per heavy atom. The van der Waals surface area contributed by atoms with Crippen molar-refractivity contribution in [2.45, 2.75) is 6.54 Å². The second-order valence-corrected chi connectivity index (χ2v) is 3.96. The highest BCUT2D eigenvalue weighted by atomic mass is 35.5. The fourth-order valence-electron chi connectivity index (χ4n) is 1.42. The van der Waals surface area contributed by atoms with Crippen LogP contribution in [0.3, 0.4) is 0 Å². The van der Waals surface area contributed by atoms with E-state index in [4.69, 9.17) is 16.9 Å². The minimum absolute atomic E-state index is 0.613. The molecule has 0 aliphatic carbocycles. The van der Waals surface area contributed by atoms with E-state index in [0.717, 1.165) is 11.4 Å². The second kappa shape index (κ2) is 5.33. The van der Waals surface area contributed by atoms with Gasteiger partial charge < -0.3 is 5.32 Å². The Labute approximate surface area is 105 Å². The van der Waals surface area contributed by atoms with Crippen molar-refractivity contribution in [3.8, 4) is 6.07 Å². The van der Waals surface area contributed by atoms with Gasteiger partial charge in [0.15, 0.2) is 0 Å². The van der Waals surface area contributed by atoms with E-state index in [9.17, 15) is 0 Å². The lowest BCUT2D eigenvalue weighted by Crippen LogP contribution is -2.01. The topological polar surface area (TPSA) is 48.7 Å². The largest absolute Gasteiger partial charge is 0.366 e. The van der Waals surface area contributed by atoms with Crippen molar-refractivity contribution in [2.24, 2.45) is 0 Å². The molecular weight excluding hydrogens is 234 g/mol. The molecule has 0 fully saturated rings. The van der Waals surface area contributed by atoms with Gasteiger partial charge in [0.1, 0.15) is 5.82 Å². The van der Waals surface area contributed by atoms with Gasteiger partial charge in [0.25, 0.3) is 0 Å². The average Bonchev–Trinajstić information content (AvgIpc) is 2.38. The molecule has 0 saturated heterocycles. The van der Waals surface area contributed by atoms with Crippen molar-refractivity contribution >= 4 is 17.4 Å². The number of aromatic nitrogens is 1. The summed E-state index contributed by atoms with van der Waals surface area (Å²) in [7, 11) is 0. The van der Waals surface area contributed by atoms with E-state index in [1.165, 1.54) is 0 Å². The molecule has 1 aromatic heterocycles. The molecule has 0 atom stereocenters. The molecule has 0 radical (unpaired) electrons. The number of halogens is 1. The molecule has 1 N–H and O–H groups in total. The van der Waals surface area contributed by atoms with E-state index in [-0.39, 0.29) is 0 Å². The van der Waals surface area contributed by atoms with E-state index in [0.29, 0.717) is 17.1 Å². The van der Waals surface area contributed by atoms with E-state index < -0.39 is 0 Å². The summed E-state index contributed by atoms with van der Waals surface area (Å²) in [5.41, 5.74) is 1.70. The monoisotopic (exact) mass is 243 g/mol. The van der Waals surface area contributed by atoms with Crippen LogP contribution < -0.4 is 5.32 Å². The molecule has 0 saturated carbocycles. The molecule has 1 aromatic carbocycles. The molecule has 0 aliphatic rings. The normalized spacial score (nSPS) is 9.65. The third-order valence-electron chi connectivity index (χ3n) is 2.26. The van der Waals surface area contributed by atoms with E-state index >= 15 is 0 Å². The van der Waals surface area contributed by atoms with Crippen LogP contribution in [0.15, 0.2) is 42.6 Å². The minimum Gasteiger partial charge on any atom is -0.366 e. The van der Waals surface area contributed by atoms with Gasteiger partial charge in [0, 0.05) is 12.7 Å². The first-order chi connectivity index (χ1) is 8.28. The Morgan fingerprint density at radius 3 is 2.88 bits per heavy atom. The summed E-state index contributed by atoms with van der Waals surface area (Å²) in [6.07, 6.45) is 1.59. The first-order valence-electron chi connectivity index (χ1n) is 5.12. The summed E-state index contributed by atoms with van der Waals surface area (Å²) >= 11 is 5.74. The van der Waals surface area contributed by atoms with Gasteiger partial charge in [-0.3, -0.25) is 0 Å². The molecule has 84 valence electrons. The number of hydrogen-bond donors (Lipinski definition) is 1. The number of hydrogen-bond acceptors (Lipinski definition) is 3. The van der Waals surface area contributed by atoms with Gasteiger partial charge in [-0.1, -0.05) is 23.7 Å². The zero-order valence-electron chi connectivity index (χ0n) is 9.02. The minimum atomic E-state index is 0.613. The summed E-state index contributed by atoms with van der Waals surface area (Å²) in [4.78, 5) is 4.13. The molecule has 0 amide bonds. The first kappa shape index (κ1) is 11.4. The van der Waals surface area contributed by atoms with Crippen molar-refractivity contribution in [1.29, 1.82) is 5.26 Å². The van der Waals surface area contributed by atoms with Gasteiger partial charge in [-0.15, -0.1) is 0 Å². The summed E-state index contributed by atoms with van der Waals surface area (Å²) in [6, 6.07) is 13.2. The van der Waals surface area contributed by atoms with E-state index in [1.807, 2.05) is 24.3 Å². The Balaban J connectivity index is 2.02. The Hall–Kier alpha value is -2.05. The highest BCUT2D eigenvalue weighted by Crippen LogP contribution is 2.11. The highest BCUT2D eigenvalue weighted by Gasteiger charge is 1.97. The van der Waals surface area contributed by atoms with Crippen LogP contribution >= 0.6 is 11.6 Å². The van der Waals surface area contributed by atoms with Crippen LogP contribution in [0.1, 0.15) is 11.1 Å². The number of rotatable bonds is 3. The lowest BCUT2D eigenvalue weighted by molar-refractivity contribution is 1.11. The van der Waals surface area contributed by atoms with Gasteiger partial charge in [0.05, 0.1) is 16.7 Å². The van der Waals surface area contributed by atoms with Crippen molar-refractivity contribution in [3.05, 3.63) is 58.7 Å². The molecule has 0 unspecified atom stereocenters. The second-order valence-electron chi connectivity index (χ2n) is 3.53. The van der Waals surface area contributed by atoms with Crippen LogP contribution in [0.2, 0.25) is 5.02 Å². The zero-order valence-corrected chi connectivity index (χ0v) is 9.78. The third kappa shape index (κ3) is 3.20. The maximum atomic E-state index is 8.78. The SMILES string of the molecule is N#Cc1cccc(CNc2ccc(Cl)cn2)c1. The van der Waals surface area contributed by atoms with Gasteiger partial charge in [-0.25, -0.2) is 4.98 Å². The van der Waals surface area contributed by atoms with E-state index in [1.54, 1.807) is 18.3 Å². The van der Waals surface area contributed by atoms with Gasteiger partial charge in [0.2, 0.25) is 0 Å². The Kier molecular flexibility index (Phi) is 3.59. The van der Waals surface area contributed by atoms with Crippen LogP contribution in [-0.2, 0) is 6.54 Å². The summed E-state index contributed by atoms with van der Waals surface area (Å²) in [5.74, 6) is 0.761. The smallest absolute Gasteiger partial charge is 0.126 e. The number of benzene rings is 1. The summed E-state index contributed by atoms with van der Waals surface area (Å²) in [5, 5.41) is 12.6. The number of pyridine rings is 1. The van der Waals surface area contributed by atoms with Gasteiger partial charge >= 0.3 is 0 Å². The number of anilines is 1. The molecular formula is C13H10ClN3. The standard InChI is InChI=1S/C13H10ClN3/c14-12-4-5-13(17-9-12)16-8-11-3-1-2-10(6-11)7-15/h1-6,9H,8H2,(H,16,17). The predicted octanol–water partition coefficient (Wildman–Crippen LogP) is 3.22. The fourth-order valence-corrected chi connectivity index (χ4v) is 1.54. The predicted molar refractivity (Wildman–Crippen MR) is 67.7 cm³/mol. The number of nitrogens with zero attached hydrogens (tertiary/aromatic N) is 2. The van der Waals surface area contributed by atoms with E-state index in [2.05, 4.69) is 16.4 Å². The van der Waals surface area contributed by atoms with Gasteiger partial charge in [-0.05, 0) is 29.8 Å². The Bertz CT molecular complexity index is 543. The van der Waals surface area contributed by atoms with Crippen LogP contribution in [0, 0.1) is 11.3 Å². The number of nitriles is 1. The maximum absolute atomic E-state index is 8.78. The molecule has 3 nitrogen and oxygen atoms in total. The van der Waals surface area contributed by atoms with Crippen molar-refractivity contribution in [1.82, 2.24) is 4.98 Å². The summed E-state index contributed by atoms with van der Waals surface area (Å²) < 4.78 is 0. The molecule has 2 aromatic rings. The molecule has 0 bridgehead atoms. The molecule has 0 spiro atoms. The van der Waals surface area contributed by atoms with Crippen molar-refractivity contribution in [2.75, 3.05) is 5.32 Å². The van der Waals surface area contributed by atoms with Crippen LogP contribution in [-0.4, -0.2) is 4.98 Å². The molecule has 1 heterocycles.